The Balaban J connectivity index is 2.26. The van der Waals surface area contributed by atoms with E-state index in [-0.39, 0.29) is 19.6 Å². The molecule has 1 rings (SSSR count). The van der Waals surface area contributed by atoms with Crippen LogP contribution in [0.1, 0.15) is 284 Å². The molecule has 13 heteroatoms. The van der Waals surface area contributed by atoms with Gasteiger partial charge in [-0.3, -0.25) is 9.35 Å². The van der Waals surface area contributed by atoms with Crippen molar-refractivity contribution in [2.45, 2.75) is 320 Å². The normalized spacial score (nSPS) is 18.9. The van der Waals surface area contributed by atoms with Gasteiger partial charge in [-0.2, -0.15) is 8.42 Å². The second kappa shape index (κ2) is 52.0. The average molecular weight is 1070 g/mol. The van der Waals surface area contributed by atoms with Gasteiger partial charge in [0.05, 0.1) is 19.8 Å². The minimum Gasteiger partial charge on any atom is -0.457 e. The molecule has 4 N–H and O–H groups in total. The minimum atomic E-state index is -5.07. The van der Waals surface area contributed by atoms with Gasteiger partial charge >= 0.3 is 16.4 Å². The van der Waals surface area contributed by atoms with Crippen molar-refractivity contribution >= 4 is 16.4 Å². The summed E-state index contributed by atoms with van der Waals surface area (Å²) < 4.78 is 59.5. The molecule has 1 aliphatic rings. The minimum absolute atomic E-state index is 0.0370. The second-order valence-corrected chi connectivity index (χ2v) is 22.3. The van der Waals surface area contributed by atoms with Crippen LogP contribution in [0.2, 0.25) is 0 Å². The fourth-order valence-corrected chi connectivity index (χ4v) is 10.1. The summed E-state index contributed by atoms with van der Waals surface area (Å²) in [5.74, 6) is -0.399. The van der Waals surface area contributed by atoms with E-state index < -0.39 is 59.8 Å². The highest BCUT2D eigenvalue weighted by Gasteiger charge is 2.48. The molecule has 436 valence electrons. The Hall–Kier alpha value is -1.68. The quantitative estimate of drug-likeness (QED) is 0.0196. The summed E-state index contributed by atoms with van der Waals surface area (Å²) in [5.41, 5.74) is 0. The van der Waals surface area contributed by atoms with Gasteiger partial charge in [0.1, 0.15) is 30.5 Å². The van der Waals surface area contributed by atoms with Crippen LogP contribution in [0.5, 0.6) is 0 Å². The number of aliphatic hydroxyl groups excluding tert-OH is 3. The number of ether oxygens (including phenoxy) is 4. The van der Waals surface area contributed by atoms with E-state index in [2.05, 4.69) is 54.5 Å². The standard InChI is InChI=1S/C61H114O12S/c1-3-5-7-9-11-13-15-17-19-21-23-25-26-27-28-29-31-33-35-37-39-41-43-45-47-49-51-69-53-55(54-70-61-59(65)60(73-74(66,67)68)58(64)56(52-62)72-61)71-57(63)50-48-46-44-42-40-38-36-34-32-30-24-22-20-18-16-14-12-10-8-6-4-2/h16,18,21-24,55-56,58-62,64-65H,3-15,17,19-20,25-54H2,1-2H3,(H,66,67,68)/b18-16-,23-21-,24-22-. The van der Waals surface area contributed by atoms with Gasteiger partial charge in [0.25, 0.3) is 0 Å². The molecule has 12 nitrogen and oxygen atoms in total. The maximum absolute atomic E-state index is 13.0. The molecule has 0 aromatic heterocycles. The molecule has 0 aliphatic carbocycles. The molecule has 74 heavy (non-hydrogen) atoms. The molecule has 6 atom stereocenters. The van der Waals surface area contributed by atoms with Crippen molar-refractivity contribution in [1.29, 1.82) is 0 Å². The van der Waals surface area contributed by atoms with Crippen molar-refractivity contribution in [3.63, 3.8) is 0 Å². The third-order valence-corrected chi connectivity index (χ3v) is 14.7. The van der Waals surface area contributed by atoms with E-state index in [1.165, 1.54) is 205 Å². The summed E-state index contributed by atoms with van der Waals surface area (Å²) in [6.07, 6.45) is 56.2. The monoisotopic (exact) mass is 1070 g/mol. The highest BCUT2D eigenvalue weighted by atomic mass is 32.3. The van der Waals surface area contributed by atoms with E-state index >= 15 is 0 Å². The van der Waals surface area contributed by atoms with Crippen molar-refractivity contribution in [2.75, 3.05) is 26.4 Å². The summed E-state index contributed by atoms with van der Waals surface area (Å²) in [4.78, 5) is 13.0. The molecule has 0 amide bonds. The predicted octanol–water partition coefficient (Wildman–Crippen LogP) is 15.7. The summed E-state index contributed by atoms with van der Waals surface area (Å²) in [6.45, 7) is 4.03. The van der Waals surface area contributed by atoms with Crippen molar-refractivity contribution in [3.05, 3.63) is 36.5 Å². The lowest BCUT2D eigenvalue weighted by Crippen LogP contribution is -2.60. The number of unbranched alkanes of at least 4 members (excludes halogenated alkanes) is 36. The highest BCUT2D eigenvalue weighted by molar-refractivity contribution is 7.80. The number of allylic oxidation sites excluding steroid dienone is 6. The third-order valence-electron chi connectivity index (χ3n) is 14.2. The van der Waals surface area contributed by atoms with Gasteiger partial charge in [-0.05, 0) is 70.6 Å². The van der Waals surface area contributed by atoms with Gasteiger partial charge in [-0.1, -0.05) is 243 Å². The van der Waals surface area contributed by atoms with Crippen LogP contribution in [-0.2, 0) is 38.3 Å². The fourth-order valence-electron chi connectivity index (χ4n) is 9.58. The number of aliphatic hydroxyl groups is 3. The maximum atomic E-state index is 13.0. The number of esters is 1. The molecule has 0 aromatic rings. The molecule has 0 bridgehead atoms. The number of hydrogen-bond donors (Lipinski definition) is 4. The van der Waals surface area contributed by atoms with Crippen molar-refractivity contribution in [3.8, 4) is 0 Å². The van der Waals surface area contributed by atoms with Crippen LogP contribution in [0.15, 0.2) is 36.5 Å². The van der Waals surface area contributed by atoms with E-state index in [9.17, 15) is 33.1 Å². The molecule has 1 heterocycles. The largest absolute Gasteiger partial charge is 0.457 e. The molecular formula is C61H114O12S. The zero-order valence-corrected chi connectivity index (χ0v) is 48.2. The Morgan fingerprint density at radius 2 is 0.892 bits per heavy atom. The molecule has 1 fully saturated rings. The van der Waals surface area contributed by atoms with Crippen LogP contribution >= 0.6 is 0 Å². The molecule has 0 saturated carbocycles. The van der Waals surface area contributed by atoms with Crippen LogP contribution in [-0.4, -0.2) is 97.5 Å². The van der Waals surface area contributed by atoms with Crippen LogP contribution in [0.4, 0.5) is 0 Å². The first-order chi connectivity index (χ1) is 36.1. The zero-order chi connectivity index (χ0) is 53.8. The Bertz CT molecular complexity index is 1420. The highest BCUT2D eigenvalue weighted by Crippen LogP contribution is 2.26. The maximum Gasteiger partial charge on any atom is 0.397 e. The lowest BCUT2D eigenvalue weighted by molar-refractivity contribution is -0.301. The molecule has 0 radical (unpaired) electrons. The average Bonchev–Trinajstić information content (AvgIpc) is 3.38. The van der Waals surface area contributed by atoms with Gasteiger partial charge in [-0.25, -0.2) is 4.18 Å². The molecule has 0 aromatic carbocycles. The van der Waals surface area contributed by atoms with E-state index in [0.29, 0.717) is 13.0 Å². The van der Waals surface area contributed by atoms with E-state index in [0.717, 1.165) is 51.4 Å². The van der Waals surface area contributed by atoms with Crippen LogP contribution in [0.3, 0.4) is 0 Å². The predicted molar refractivity (Wildman–Crippen MR) is 304 cm³/mol. The molecular weight excluding hydrogens is 957 g/mol. The van der Waals surface area contributed by atoms with E-state index in [1.54, 1.807) is 0 Å². The van der Waals surface area contributed by atoms with Gasteiger partial charge in [-0.15, -0.1) is 0 Å². The fraction of sp³-hybridized carbons (Fsp3) is 0.885. The number of carbonyl (C=O) groups excluding carboxylic acids is 1. The Labute approximate surface area is 454 Å². The second-order valence-electron chi connectivity index (χ2n) is 21.3. The van der Waals surface area contributed by atoms with Crippen molar-refractivity contribution in [1.82, 2.24) is 0 Å². The Morgan fingerprint density at radius 3 is 1.30 bits per heavy atom. The first-order valence-corrected chi connectivity index (χ1v) is 32.1. The van der Waals surface area contributed by atoms with E-state index in [1.807, 2.05) is 0 Å². The van der Waals surface area contributed by atoms with Gasteiger partial charge < -0.3 is 34.3 Å². The summed E-state index contributed by atoms with van der Waals surface area (Å²) in [7, 11) is -5.07. The lowest BCUT2D eigenvalue weighted by atomic mass is 9.99. The Kier molecular flexibility index (Phi) is 49.5. The number of rotatable bonds is 55. The van der Waals surface area contributed by atoms with Crippen LogP contribution < -0.4 is 0 Å². The molecule has 1 saturated heterocycles. The topological polar surface area (TPSA) is 178 Å². The number of carbonyl (C=O) groups is 1. The zero-order valence-electron chi connectivity index (χ0n) is 47.4. The smallest absolute Gasteiger partial charge is 0.397 e. The summed E-state index contributed by atoms with van der Waals surface area (Å²) in [5, 5.41) is 30.9. The summed E-state index contributed by atoms with van der Waals surface area (Å²) >= 11 is 0. The number of hydrogen-bond acceptors (Lipinski definition) is 11. The molecule has 0 spiro atoms. The third kappa shape index (κ3) is 44.3. The lowest BCUT2D eigenvalue weighted by Gasteiger charge is -2.41. The van der Waals surface area contributed by atoms with Crippen LogP contribution in [0, 0.1) is 0 Å². The van der Waals surface area contributed by atoms with Gasteiger partial charge in [0, 0.05) is 13.0 Å². The molecule has 6 unspecified atom stereocenters. The van der Waals surface area contributed by atoms with Crippen LogP contribution in [0.25, 0.3) is 0 Å². The van der Waals surface area contributed by atoms with Crippen molar-refractivity contribution < 1.29 is 56.2 Å². The van der Waals surface area contributed by atoms with Gasteiger partial charge in [0.15, 0.2) is 6.29 Å². The van der Waals surface area contributed by atoms with E-state index in [4.69, 9.17) is 18.9 Å². The Morgan fingerprint density at radius 1 is 0.514 bits per heavy atom. The summed E-state index contributed by atoms with van der Waals surface area (Å²) in [6, 6.07) is 0. The first-order valence-electron chi connectivity index (χ1n) is 30.7. The van der Waals surface area contributed by atoms with Gasteiger partial charge in [0.2, 0.25) is 0 Å². The first kappa shape index (κ1) is 70.3. The SMILES string of the molecule is CCCCCCC/C=C\C/C=C\CCCCCCCCCCCC(=O)OC(COCCCCCCCCCCCCCCCC/C=C\CCCCCCCCCC)COC1OC(CO)C(O)C(OS(=O)(=O)O)C1O. The van der Waals surface area contributed by atoms with Crippen molar-refractivity contribution in [2.24, 2.45) is 0 Å². The molecule has 1 aliphatic heterocycles.